The third-order valence-corrected chi connectivity index (χ3v) is 8.34. The van der Waals surface area contributed by atoms with Crippen LogP contribution in [0.25, 0.3) is 0 Å². The number of urea groups is 1. The number of ether oxygens (including phenoxy) is 2. The van der Waals surface area contributed by atoms with E-state index >= 15 is 0 Å². The van der Waals surface area contributed by atoms with Gasteiger partial charge in [-0.3, -0.25) is 0 Å². The van der Waals surface area contributed by atoms with E-state index in [2.05, 4.69) is 15.6 Å². The molecule has 0 bridgehead atoms. The number of anilines is 1. The third kappa shape index (κ3) is 7.79. The highest BCUT2D eigenvalue weighted by atomic mass is 32.2. The van der Waals surface area contributed by atoms with Gasteiger partial charge in [0.25, 0.3) is 0 Å². The highest BCUT2D eigenvalue weighted by Gasteiger charge is 2.38. The van der Waals surface area contributed by atoms with E-state index in [1.807, 2.05) is 73.7 Å². The number of aliphatic hydroxyl groups excluding tert-OH is 1. The van der Waals surface area contributed by atoms with Gasteiger partial charge in [0.1, 0.15) is 5.03 Å². The number of rotatable bonds is 10. The van der Waals surface area contributed by atoms with Gasteiger partial charge >= 0.3 is 12.0 Å². The smallest absolute Gasteiger partial charge is 0.338 e. The Labute approximate surface area is 254 Å². The Balaban J connectivity index is 1.30. The van der Waals surface area contributed by atoms with Crippen molar-refractivity contribution in [2.45, 2.75) is 43.6 Å². The first kappa shape index (κ1) is 30.2. The molecule has 1 fully saturated rings. The van der Waals surface area contributed by atoms with Crippen molar-refractivity contribution in [1.29, 1.82) is 0 Å². The Bertz CT molecular complexity index is 1520. The number of aromatic carboxylic acids is 1. The molecular formula is C33H33N3O6S. The minimum Gasteiger partial charge on any atom is -0.478 e. The van der Waals surface area contributed by atoms with Gasteiger partial charge in [0.15, 0.2) is 6.29 Å². The number of carboxylic acid groups (broad SMARTS) is 1. The van der Waals surface area contributed by atoms with Gasteiger partial charge in [0.2, 0.25) is 0 Å². The Hall–Kier alpha value is -4.22. The number of amides is 2. The molecule has 0 saturated carbocycles. The molecule has 0 spiro atoms. The zero-order chi connectivity index (χ0) is 30.2. The first-order valence-electron chi connectivity index (χ1n) is 13.9. The number of hydrogen-bond acceptors (Lipinski definition) is 7. The number of nitrogens with zero attached hydrogens (tertiary/aromatic N) is 1. The number of carbonyl (C=O) groups is 2. The average Bonchev–Trinajstić information content (AvgIpc) is 3.04. The van der Waals surface area contributed by atoms with Crippen LogP contribution in [0.5, 0.6) is 0 Å². The van der Waals surface area contributed by atoms with Crippen molar-refractivity contribution in [2.75, 3.05) is 11.1 Å². The lowest BCUT2D eigenvalue weighted by atomic mass is 9.91. The van der Waals surface area contributed by atoms with Crippen LogP contribution in [-0.4, -0.2) is 39.1 Å². The number of aromatic nitrogens is 1. The Morgan fingerprint density at radius 1 is 0.884 bits per heavy atom. The maximum absolute atomic E-state index is 12.4. The van der Waals surface area contributed by atoms with Crippen molar-refractivity contribution < 1.29 is 29.3 Å². The standard InChI is InChI=1S/C33H33N3O6S/c1-21-28(20-43-30-27(31(38)39)8-5-17-34-30)41-32(42-29(21)24-11-9-23(19-37)10-12-24)25-13-15-26(16-14-25)36-33(40)35-18-22-6-3-2-4-7-22/h2-17,21,28-29,32,37H,18-20H2,1H3,(H,38,39)(H2,35,36,40)/t21-,28+,29+,32+/m1/s1. The van der Waals surface area contributed by atoms with Gasteiger partial charge in [-0.1, -0.05) is 73.7 Å². The Kier molecular flexibility index (Phi) is 10.1. The van der Waals surface area contributed by atoms with E-state index in [1.165, 1.54) is 17.8 Å². The quantitative estimate of drug-likeness (QED) is 0.159. The van der Waals surface area contributed by atoms with Crippen molar-refractivity contribution in [1.82, 2.24) is 10.3 Å². The lowest BCUT2D eigenvalue weighted by Gasteiger charge is -2.41. The van der Waals surface area contributed by atoms with Crippen molar-refractivity contribution >= 4 is 29.4 Å². The molecule has 0 unspecified atom stereocenters. The summed E-state index contributed by atoms with van der Waals surface area (Å²) in [5.41, 5.74) is 4.31. The fraction of sp³-hybridized carbons (Fsp3) is 0.242. The number of nitrogens with one attached hydrogen (secondary N) is 2. The van der Waals surface area contributed by atoms with Crippen LogP contribution in [0.3, 0.4) is 0 Å². The monoisotopic (exact) mass is 599 g/mol. The number of carboxylic acids is 1. The van der Waals surface area contributed by atoms with Crippen LogP contribution in [0.1, 0.15) is 51.9 Å². The molecule has 10 heteroatoms. The van der Waals surface area contributed by atoms with Gasteiger partial charge in [0, 0.05) is 35.7 Å². The Morgan fingerprint density at radius 3 is 2.30 bits per heavy atom. The van der Waals surface area contributed by atoms with E-state index in [0.29, 0.717) is 23.0 Å². The second-order valence-corrected chi connectivity index (χ2v) is 11.2. The molecule has 2 amide bonds. The molecule has 1 aliphatic rings. The summed E-state index contributed by atoms with van der Waals surface area (Å²) in [6.45, 7) is 2.41. The van der Waals surface area contributed by atoms with Crippen LogP contribution in [-0.2, 0) is 22.6 Å². The zero-order valence-corrected chi connectivity index (χ0v) is 24.4. The topological polar surface area (TPSA) is 130 Å². The minimum absolute atomic E-state index is 0.0486. The van der Waals surface area contributed by atoms with Crippen molar-refractivity contribution in [3.63, 3.8) is 0 Å². The van der Waals surface area contributed by atoms with E-state index in [9.17, 15) is 19.8 Å². The molecule has 0 aliphatic carbocycles. The summed E-state index contributed by atoms with van der Waals surface area (Å²) in [5, 5.41) is 25.2. The van der Waals surface area contributed by atoms with Crippen LogP contribution < -0.4 is 10.6 Å². The first-order valence-corrected chi connectivity index (χ1v) is 14.9. The molecule has 4 N–H and O–H groups in total. The molecule has 4 atom stereocenters. The van der Waals surface area contributed by atoms with Crippen LogP contribution in [0.15, 0.2) is 102 Å². The van der Waals surface area contributed by atoms with Crippen molar-refractivity contribution in [2.24, 2.45) is 5.92 Å². The molecule has 43 heavy (non-hydrogen) atoms. The summed E-state index contributed by atoms with van der Waals surface area (Å²) in [6, 6.07) is 27.4. The molecule has 9 nitrogen and oxygen atoms in total. The number of carbonyl (C=O) groups excluding carboxylic acids is 1. The molecular weight excluding hydrogens is 566 g/mol. The predicted molar refractivity (Wildman–Crippen MR) is 164 cm³/mol. The Morgan fingerprint density at radius 2 is 1.60 bits per heavy atom. The number of benzene rings is 3. The van der Waals surface area contributed by atoms with E-state index < -0.39 is 12.3 Å². The molecule has 4 aromatic rings. The molecule has 1 saturated heterocycles. The first-order chi connectivity index (χ1) is 20.9. The van der Waals surface area contributed by atoms with Gasteiger partial charge in [-0.25, -0.2) is 14.6 Å². The maximum Gasteiger partial charge on any atom is 0.338 e. The summed E-state index contributed by atoms with van der Waals surface area (Å²) in [7, 11) is 0. The van der Waals surface area contributed by atoms with Crippen LogP contribution in [0, 0.1) is 5.92 Å². The van der Waals surface area contributed by atoms with Gasteiger partial charge in [-0.05, 0) is 41.0 Å². The number of thioether (sulfide) groups is 1. The highest BCUT2D eigenvalue weighted by molar-refractivity contribution is 7.99. The second-order valence-electron chi connectivity index (χ2n) is 10.2. The van der Waals surface area contributed by atoms with Crippen LogP contribution in [0.4, 0.5) is 10.5 Å². The third-order valence-electron chi connectivity index (χ3n) is 7.25. The molecule has 222 valence electrons. The van der Waals surface area contributed by atoms with Crippen molar-refractivity contribution in [3.8, 4) is 0 Å². The fourth-order valence-corrected chi connectivity index (χ4v) is 5.97. The van der Waals surface area contributed by atoms with Gasteiger partial charge < -0.3 is 30.3 Å². The fourth-order valence-electron chi connectivity index (χ4n) is 4.82. The molecule has 3 aromatic carbocycles. The zero-order valence-electron chi connectivity index (χ0n) is 23.6. The molecule has 2 heterocycles. The van der Waals surface area contributed by atoms with Gasteiger partial charge in [-0.2, -0.15) is 0 Å². The number of pyridine rings is 1. The summed E-state index contributed by atoms with van der Waals surface area (Å²) in [5.74, 6) is -0.640. The minimum atomic E-state index is -1.03. The second kappa shape index (κ2) is 14.3. The van der Waals surface area contributed by atoms with E-state index in [4.69, 9.17) is 9.47 Å². The van der Waals surface area contributed by atoms with E-state index in [0.717, 1.165) is 22.3 Å². The molecule has 1 aliphatic heterocycles. The largest absolute Gasteiger partial charge is 0.478 e. The predicted octanol–water partition coefficient (Wildman–Crippen LogP) is 6.18. The molecule has 0 radical (unpaired) electrons. The van der Waals surface area contributed by atoms with Crippen LogP contribution in [0.2, 0.25) is 0 Å². The normalized spacial score (nSPS) is 19.9. The molecule has 5 rings (SSSR count). The summed E-state index contributed by atoms with van der Waals surface area (Å²) >= 11 is 1.34. The molecule has 1 aromatic heterocycles. The SMILES string of the molecule is C[C@@H]1[C@H](CSc2ncccc2C(=O)O)O[C@H](c2ccc(NC(=O)NCc3ccccc3)cc2)O[C@@H]1c1ccc(CO)cc1. The van der Waals surface area contributed by atoms with E-state index in [1.54, 1.807) is 24.4 Å². The van der Waals surface area contributed by atoms with E-state index in [-0.39, 0.29) is 36.3 Å². The summed E-state index contributed by atoms with van der Waals surface area (Å²) < 4.78 is 12.9. The number of aliphatic hydroxyl groups is 1. The average molecular weight is 600 g/mol. The maximum atomic E-state index is 12.4. The van der Waals surface area contributed by atoms with Crippen molar-refractivity contribution in [3.05, 3.63) is 125 Å². The lowest BCUT2D eigenvalue weighted by Crippen LogP contribution is -2.38. The van der Waals surface area contributed by atoms with Crippen LogP contribution >= 0.6 is 11.8 Å². The van der Waals surface area contributed by atoms with Gasteiger partial charge in [0.05, 0.1) is 24.4 Å². The number of hydrogen-bond donors (Lipinski definition) is 4. The summed E-state index contributed by atoms with van der Waals surface area (Å²) in [6.07, 6.45) is 0.264. The summed E-state index contributed by atoms with van der Waals surface area (Å²) in [4.78, 5) is 28.4. The highest BCUT2D eigenvalue weighted by Crippen LogP contribution is 2.43. The van der Waals surface area contributed by atoms with Gasteiger partial charge in [-0.15, -0.1) is 11.8 Å². The lowest BCUT2D eigenvalue weighted by molar-refractivity contribution is -0.268.